The molecule has 19 heavy (non-hydrogen) atoms. The van der Waals surface area contributed by atoms with Gasteiger partial charge in [-0.05, 0) is 49.2 Å². The second kappa shape index (κ2) is 5.74. The summed E-state index contributed by atoms with van der Waals surface area (Å²) in [5.41, 5.74) is 2.77. The summed E-state index contributed by atoms with van der Waals surface area (Å²) in [5, 5.41) is 0. The van der Waals surface area contributed by atoms with Gasteiger partial charge in [0.05, 0.1) is 7.11 Å². The Bertz CT molecular complexity index is 559. The minimum atomic E-state index is -0.316. The maximum Gasteiger partial charge on any atom is 0.133 e. The first kappa shape index (κ1) is 13.4. The van der Waals surface area contributed by atoms with E-state index >= 15 is 0 Å². The summed E-state index contributed by atoms with van der Waals surface area (Å²) in [6.45, 7) is 4.22. The minimum absolute atomic E-state index is 0.207. The topological polar surface area (TPSA) is 18.5 Å². The Balaban J connectivity index is 2.10. The molecule has 2 nitrogen and oxygen atoms in total. The highest BCUT2D eigenvalue weighted by Crippen LogP contribution is 2.20. The number of aryl methyl sites for hydroxylation is 2. The van der Waals surface area contributed by atoms with Crippen molar-refractivity contribution in [1.29, 1.82) is 0 Å². The van der Waals surface area contributed by atoms with Crippen LogP contribution in [-0.4, -0.2) is 7.11 Å². The average molecular weight is 260 g/mol. The van der Waals surface area contributed by atoms with E-state index in [-0.39, 0.29) is 12.4 Å². The highest BCUT2D eigenvalue weighted by Gasteiger charge is 2.05. The largest absolute Gasteiger partial charge is 0.497 e. The first-order valence-electron chi connectivity index (χ1n) is 6.12. The molecule has 0 spiro atoms. The minimum Gasteiger partial charge on any atom is -0.497 e. The van der Waals surface area contributed by atoms with Crippen molar-refractivity contribution in [3.05, 3.63) is 58.9 Å². The second-order valence-electron chi connectivity index (χ2n) is 4.57. The van der Waals surface area contributed by atoms with E-state index in [0.717, 1.165) is 16.9 Å². The molecule has 2 aromatic carbocycles. The van der Waals surface area contributed by atoms with Crippen LogP contribution in [0, 0.1) is 19.7 Å². The molecule has 0 radical (unpaired) electrons. The molecule has 100 valence electrons. The number of halogens is 1. The molecule has 0 bridgehead atoms. The first-order chi connectivity index (χ1) is 9.08. The third-order valence-electron chi connectivity index (χ3n) is 2.85. The fraction of sp³-hybridized carbons (Fsp3) is 0.250. The molecule has 0 saturated carbocycles. The van der Waals surface area contributed by atoms with E-state index in [1.54, 1.807) is 12.1 Å². The smallest absolute Gasteiger partial charge is 0.133 e. The van der Waals surface area contributed by atoms with E-state index in [2.05, 4.69) is 6.07 Å². The van der Waals surface area contributed by atoms with Crippen LogP contribution in [0.4, 0.5) is 4.39 Å². The molecule has 0 fully saturated rings. The summed E-state index contributed by atoms with van der Waals surface area (Å²) in [6.07, 6.45) is 0. The van der Waals surface area contributed by atoms with Gasteiger partial charge in [-0.25, -0.2) is 4.39 Å². The molecule has 3 heteroatoms. The molecule has 0 N–H and O–H groups in total. The number of benzene rings is 2. The van der Waals surface area contributed by atoms with E-state index < -0.39 is 0 Å². The molecule has 2 rings (SSSR count). The fourth-order valence-corrected chi connectivity index (χ4v) is 1.95. The molecule has 0 aliphatic carbocycles. The van der Waals surface area contributed by atoms with Gasteiger partial charge in [-0.15, -0.1) is 0 Å². The second-order valence-corrected chi connectivity index (χ2v) is 4.57. The molecule has 0 aromatic heterocycles. The molecule has 0 atom stereocenters. The number of hydrogen-bond acceptors (Lipinski definition) is 2. The number of methoxy groups -OCH3 is 1. The van der Waals surface area contributed by atoms with Crippen LogP contribution in [0.2, 0.25) is 0 Å². The van der Waals surface area contributed by atoms with E-state index in [1.165, 1.54) is 13.2 Å². The van der Waals surface area contributed by atoms with Gasteiger partial charge < -0.3 is 9.47 Å². The van der Waals surface area contributed by atoms with Crippen molar-refractivity contribution in [2.24, 2.45) is 0 Å². The predicted molar refractivity (Wildman–Crippen MR) is 73.2 cm³/mol. The van der Waals surface area contributed by atoms with Crippen molar-refractivity contribution in [1.82, 2.24) is 0 Å². The van der Waals surface area contributed by atoms with Crippen molar-refractivity contribution in [2.75, 3.05) is 7.11 Å². The van der Waals surface area contributed by atoms with E-state index in [1.807, 2.05) is 26.0 Å². The Morgan fingerprint density at radius 3 is 2.21 bits per heavy atom. The molecular formula is C16H17FO2. The lowest BCUT2D eigenvalue weighted by molar-refractivity contribution is 0.299. The summed E-state index contributed by atoms with van der Waals surface area (Å²) in [7, 11) is 1.51. The number of ether oxygens (including phenoxy) is 2. The van der Waals surface area contributed by atoms with Gasteiger partial charge in [-0.2, -0.15) is 0 Å². The van der Waals surface area contributed by atoms with Crippen LogP contribution in [0.25, 0.3) is 0 Å². The highest BCUT2D eigenvalue weighted by molar-refractivity contribution is 5.34. The third-order valence-corrected chi connectivity index (χ3v) is 2.85. The van der Waals surface area contributed by atoms with Gasteiger partial charge in [0.15, 0.2) is 0 Å². The first-order valence-corrected chi connectivity index (χ1v) is 6.12. The fourth-order valence-electron chi connectivity index (χ4n) is 1.95. The molecule has 0 saturated heterocycles. The van der Waals surface area contributed by atoms with Gasteiger partial charge in [0, 0.05) is 11.6 Å². The Labute approximate surface area is 112 Å². The van der Waals surface area contributed by atoms with Gasteiger partial charge in [-0.3, -0.25) is 0 Å². The normalized spacial score (nSPS) is 10.3. The summed E-state index contributed by atoms with van der Waals surface area (Å²) in [5.74, 6) is 0.948. The Kier molecular flexibility index (Phi) is 4.05. The lowest BCUT2D eigenvalue weighted by atomic mass is 10.1. The van der Waals surface area contributed by atoms with Crippen LogP contribution in [0.1, 0.15) is 16.7 Å². The monoisotopic (exact) mass is 260 g/mol. The van der Waals surface area contributed by atoms with Gasteiger partial charge in [0.25, 0.3) is 0 Å². The molecule has 0 heterocycles. The lowest BCUT2D eigenvalue weighted by Gasteiger charge is -2.09. The van der Waals surface area contributed by atoms with E-state index in [9.17, 15) is 4.39 Å². The van der Waals surface area contributed by atoms with Crippen molar-refractivity contribution in [3.63, 3.8) is 0 Å². The summed E-state index contributed by atoms with van der Waals surface area (Å²) >= 11 is 0. The predicted octanol–water partition coefficient (Wildman–Crippen LogP) is 4.03. The zero-order chi connectivity index (χ0) is 13.8. The van der Waals surface area contributed by atoms with Crippen molar-refractivity contribution in [3.8, 4) is 11.5 Å². The van der Waals surface area contributed by atoms with Crippen LogP contribution in [0.15, 0.2) is 36.4 Å². The third kappa shape index (κ3) is 3.47. The standard InChI is InChI=1S/C16H17FO2/c1-11-6-12(2)8-15(7-11)19-10-13-4-5-14(18-3)9-16(13)17/h4-9H,10H2,1-3H3. The summed E-state index contributed by atoms with van der Waals surface area (Å²) < 4.78 is 24.3. The average Bonchev–Trinajstić information content (AvgIpc) is 2.36. The summed E-state index contributed by atoms with van der Waals surface area (Å²) in [6, 6.07) is 10.7. The van der Waals surface area contributed by atoms with Crippen LogP contribution in [0.3, 0.4) is 0 Å². The molecular weight excluding hydrogens is 243 g/mol. The Morgan fingerprint density at radius 1 is 0.947 bits per heavy atom. The van der Waals surface area contributed by atoms with Gasteiger partial charge in [0.1, 0.15) is 23.9 Å². The van der Waals surface area contributed by atoms with Crippen molar-refractivity contribution >= 4 is 0 Å². The molecule has 0 aliphatic rings. The van der Waals surface area contributed by atoms with Crippen molar-refractivity contribution < 1.29 is 13.9 Å². The zero-order valence-corrected chi connectivity index (χ0v) is 11.4. The van der Waals surface area contributed by atoms with E-state index in [0.29, 0.717) is 11.3 Å². The van der Waals surface area contributed by atoms with Gasteiger partial charge >= 0.3 is 0 Å². The van der Waals surface area contributed by atoms with Crippen LogP contribution in [-0.2, 0) is 6.61 Å². The van der Waals surface area contributed by atoms with E-state index in [4.69, 9.17) is 9.47 Å². The van der Waals surface area contributed by atoms with Gasteiger partial charge in [0.2, 0.25) is 0 Å². The number of rotatable bonds is 4. The molecule has 0 amide bonds. The van der Waals surface area contributed by atoms with Crippen molar-refractivity contribution in [2.45, 2.75) is 20.5 Å². The lowest BCUT2D eigenvalue weighted by Crippen LogP contribution is -1.99. The maximum atomic E-state index is 13.7. The quantitative estimate of drug-likeness (QED) is 0.826. The number of hydrogen-bond donors (Lipinski definition) is 0. The highest BCUT2D eigenvalue weighted by atomic mass is 19.1. The van der Waals surface area contributed by atoms with Gasteiger partial charge in [-0.1, -0.05) is 6.07 Å². The maximum absolute atomic E-state index is 13.7. The SMILES string of the molecule is COc1ccc(COc2cc(C)cc(C)c2)c(F)c1. The molecule has 0 unspecified atom stereocenters. The molecule has 2 aromatic rings. The van der Waals surface area contributed by atoms with Crippen LogP contribution >= 0.6 is 0 Å². The summed E-state index contributed by atoms with van der Waals surface area (Å²) in [4.78, 5) is 0. The van der Waals surface area contributed by atoms with Crippen LogP contribution < -0.4 is 9.47 Å². The Hall–Kier alpha value is -2.03. The van der Waals surface area contributed by atoms with Crippen LogP contribution in [0.5, 0.6) is 11.5 Å². The Morgan fingerprint density at radius 2 is 1.63 bits per heavy atom. The molecule has 0 aliphatic heterocycles. The zero-order valence-electron chi connectivity index (χ0n) is 11.4.